The minimum Gasteiger partial charge on any atom is -0.387 e. The number of halogens is 2. The van der Waals surface area contributed by atoms with Crippen LogP contribution in [0.3, 0.4) is 0 Å². The number of rotatable bonds is 6. The van der Waals surface area contributed by atoms with Gasteiger partial charge in [0.15, 0.2) is 0 Å². The molecule has 0 bridgehead atoms. The van der Waals surface area contributed by atoms with E-state index in [2.05, 4.69) is 5.32 Å². The van der Waals surface area contributed by atoms with E-state index in [-0.39, 0.29) is 18.4 Å². The van der Waals surface area contributed by atoms with Crippen LogP contribution in [0.25, 0.3) is 0 Å². The third-order valence-corrected chi connectivity index (χ3v) is 3.22. The van der Waals surface area contributed by atoms with E-state index < -0.39 is 6.10 Å². The van der Waals surface area contributed by atoms with Gasteiger partial charge in [-0.3, -0.25) is 4.79 Å². The molecule has 0 heterocycles. The molecule has 0 aliphatic heterocycles. The molecule has 0 aliphatic rings. The van der Waals surface area contributed by atoms with Crippen LogP contribution in [0.5, 0.6) is 0 Å². The van der Waals surface area contributed by atoms with Gasteiger partial charge in [0.1, 0.15) is 0 Å². The largest absolute Gasteiger partial charge is 0.387 e. The van der Waals surface area contributed by atoms with E-state index in [4.69, 9.17) is 27.9 Å². The first-order valence-electron chi connectivity index (χ1n) is 5.85. The van der Waals surface area contributed by atoms with Crippen molar-refractivity contribution < 1.29 is 14.6 Å². The molecule has 1 amide bonds. The minimum atomic E-state index is -0.872. The summed E-state index contributed by atoms with van der Waals surface area (Å²) in [5.74, 6) is -0.441. The normalized spacial score (nSPS) is 13.9. The van der Waals surface area contributed by atoms with Gasteiger partial charge in [-0.2, -0.15) is 0 Å². The number of aliphatic hydroxyl groups excluding tert-OH is 1. The number of hydrogen-bond donors (Lipinski definition) is 2. The highest BCUT2D eigenvalue weighted by molar-refractivity contribution is 6.35. The van der Waals surface area contributed by atoms with Crippen LogP contribution in [0.1, 0.15) is 18.6 Å². The fraction of sp³-hybridized carbons (Fsp3) is 0.462. The molecule has 1 aromatic rings. The first-order valence-corrected chi connectivity index (χ1v) is 6.61. The lowest BCUT2D eigenvalue weighted by Gasteiger charge is -2.16. The Kier molecular flexibility index (Phi) is 6.58. The van der Waals surface area contributed by atoms with E-state index in [1.54, 1.807) is 25.1 Å². The average Bonchev–Trinajstić information content (AvgIpc) is 2.35. The highest BCUT2D eigenvalue weighted by atomic mass is 35.5. The van der Waals surface area contributed by atoms with E-state index in [1.807, 2.05) is 0 Å². The Labute approximate surface area is 122 Å². The molecule has 0 aromatic heterocycles. The molecule has 0 spiro atoms. The number of methoxy groups -OCH3 is 1. The maximum Gasteiger partial charge on any atom is 0.225 e. The van der Waals surface area contributed by atoms with Gasteiger partial charge >= 0.3 is 0 Å². The summed E-state index contributed by atoms with van der Waals surface area (Å²) in [6, 6.07) is 4.83. The molecule has 0 saturated heterocycles. The van der Waals surface area contributed by atoms with Crippen molar-refractivity contribution in [3.63, 3.8) is 0 Å². The minimum absolute atomic E-state index is 0.0915. The highest BCUT2D eigenvalue weighted by Crippen LogP contribution is 2.25. The predicted molar refractivity (Wildman–Crippen MR) is 75.5 cm³/mol. The van der Waals surface area contributed by atoms with Gasteiger partial charge in [0.2, 0.25) is 5.91 Å². The zero-order chi connectivity index (χ0) is 14.4. The third-order valence-electron chi connectivity index (χ3n) is 2.66. The summed E-state index contributed by atoms with van der Waals surface area (Å²) in [4.78, 5) is 11.7. The standard InChI is InChI=1S/C13H17Cl2NO3/c1-8(7-19-2)13(18)16-6-12(17)10-4-3-9(14)5-11(10)15/h3-5,8,12,17H,6-7H2,1-2H3,(H,16,18). The van der Waals surface area contributed by atoms with Gasteiger partial charge in [0, 0.05) is 29.3 Å². The van der Waals surface area contributed by atoms with Crippen molar-refractivity contribution >= 4 is 29.1 Å². The number of benzene rings is 1. The topological polar surface area (TPSA) is 58.6 Å². The fourth-order valence-corrected chi connectivity index (χ4v) is 2.11. The predicted octanol–water partition coefficient (Wildman–Crippen LogP) is 2.43. The van der Waals surface area contributed by atoms with Crippen LogP contribution < -0.4 is 5.32 Å². The van der Waals surface area contributed by atoms with E-state index in [0.29, 0.717) is 22.2 Å². The molecule has 0 saturated carbocycles. The molecule has 0 radical (unpaired) electrons. The molecule has 6 heteroatoms. The summed E-state index contributed by atoms with van der Waals surface area (Å²) in [6.45, 7) is 2.18. The lowest BCUT2D eigenvalue weighted by molar-refractivity contribution is -0.126. The molecule has 106 valence electrons. The van der Waals surface area contributed by atoms with Crippen molar-refractivity contribution in [1.82, 2.24) is 5.32 Å². The Balaban J connectivity index is 2.55. The molecule has 2 atom stereocenters. The van der Waals surface area contributed by atoms with Crippen LogP contribution in [0.15, 0.2) is 18.2 Å². The number of aliphatic hydroxyl groups is 1. The second-order valence-electron chi connectivity index (χ2n) is 4.28. The van der Waals surface area contributed by atoms with Crippen molar-refractivity contribution in [2.45, 2.75) is 13.0 Å². The smallest absolute Gasteiger partial charge is 0.225 e. The number of nitrogens with one attached hydrogen (secondary N) is 1. The number of carbonyl (C=O) groups is 1. The Hall–Kier alpha value is -0.810. The maximum atomic E-state index is 11.7. The van der Waals surface area contributed by atoms with Gasteiger partial charge < -0.3 is 15.2 Å². The van der Waals surface area contributed by atoms with Gasteiger partial charge in [-0.1, -0.05) is 36.2 Å². The molecule has 2 N–H and O–H groups in total. The van der Waals surface area contributed by atoms with Crippen LogP contribution in [0.4, 0.5) is 0 Å². The fourth-order valence-electron chi connectivity index (χ4n) is 1.58. The van der Waals surface area contributed by atoms with Crippen molar-refractivity contribution in [3.05, 3.63) is 33.8 Å². The average molecular weight is 306 g/mol. The van der Waals surface area contributed by atoms with E-state index in [1.165, 1.54) is 7.11 Å². The number of amides is 1. The van der Waals surface area contributed by atoms with Gasteiger partial charge in [-0.05, 0) is 12.1 Å². The lowest BCUT2D eigenvalue weighted by Crippen LogP contribution is -2.34. The molecule has 1 aromatic carbocycles. The Bertz CT molecular complexity index is 440. The zero-order valence-corrected chi connectivity index (χ0v) is 12.3. The van der Waals surface area contributed by atoms with Crippen molar-refractivity contribution in [1.29, 1.82) is 0 Å². The Morgan fingerprint density at radius 2 is 2.16 bits per heavy atom. The first-order chi connectivity index (χ1) is 8.95. The molecular weight excluding hydrogens is 289 g/mol. The summed E-state index contributed by atoms with van der Waals surface area (Å²) in [7, 11) is 1.53. The number of ether oxygens (including phenoxy) is 1. The maximum absolute atomic E-state index is 11.7. The molecule has 4 nitrogen and oxygen atoms in total. The number of hydrogen-bond acceptors (Lipinski definition) is 3. The van der Waals surface area contributed by atoms with Crippen molar-refractivity contribution in [3.8, 4) is 0 Å². The molecule has 2 unspecified atom stereocenters. The van der Waals surface area contributed by atoms with E-state index in [0.717, 1.165) is 0 Å². The monoisotopic (exact) mass is 305 g/mol. The molecule has 1 rings (SSSR count). The Morgan fingerprint density at radius 1 is 1.47 bits per heavy atom. The van der Waals surface area contributed by atoms with Crippen LogP contribution in [0.2, 0.25) is 10.0 Å². The molecule has 0 aliphatic carbocycles. The summed E-state index contributed by atoms with van der Waals surface area (Å²) in [6.07, 6.45) is -0.872. The number of carbonyl (C=O) groups excluding carboxylic acids is 1. The molecule has 19 heavy (non-hydrogen) atoms. The van der Waals surface area contributed by atoms with Crippen LogP contribution >= 0.6 is 23.2 Å². The lowest BCUT2D eigenvalue weighted by atomic mass is 10.1. The van der Waals surface area contributed by atoms with Crippen LogP contribution in [0, 0.1) is 5.92 Å². The van der Waals surface area contributed by atoms with Gasteiger partial charge in [0.25, 0.3) is 0 Å². The summed E-state index contributed by atoms with van der Waals surface area (Å²) in [5.41, 5.74) is 0.533. The van der Waals surface area contributed by atoms with Crippen LogP contribution in [-0.4, -0.2) is 31.3 Å². The summed E-state index contributed by atoms with van der Waals surface area (Å²) < 4.78 is 4.89. The first kappa shape index (κ1) is 16.2. The van der Waals surface area contributed by atoms with E-state index >= 15 is 0 Å². The SMILES string of the molecule is COCC(C)C(=O)NCC(O)c1ccc(Cl)cc1Cl. The van der Waals surface area contributed by atoms with Crippen LogP contribution in [-0.2, 0) is 9.53 Å². The van der Waals surface area contributed by atoms with Gasteiger partial charge in [0.05, 0.1) is 18.6 Å². The summed E-state index contributed by atoms with van der Waals surface area (Å²) >= 11 is 11.8. The molecule has 0 fully saturated rings. The zero-order valence-electron chi connectivity index (χ0n) is 10.8. The summed E-state index contributed by atoms with van der Waals surface area (Å²) in [5, 5.41) is 13.5. The third kappa shape index (κ3) is 4.99. The van der Waals surface area contributed by atoms with Crippen molar-refractivity contribution in [2.24, 2.45) is 5.92 Å². The van der Waals surface area contributed by atoms with Gasteiger partial charge in [-0.15, -0.1) is 0 Å². The molecular formula is C13H17Cl2NO3. The van der Waals surface area contributed by atoms with Crippen molar-refractivity contribution in [2.75, 3.05) is 20.3 Å². The van der Waals surface area contributed by atoms with Gasteiger partial charge in [-0.25, -0.2) is 0 Å². The quantitative estimate of drug-likeness (QED) is 0.848. The van der Waals surface area contributed by atoms with E-state index in [9.17, 15) is 9.90 Å². The second kappa shape index (κ2) is 7.70. The highest BCUT2D eigenvalue weighted by Gasteiger charge is 2.16. The second-order valence-corrected chi connectivity index (χ2v) is 5.13. The Morgan fingerprint density at radius 3 is 2.74 bits per heavy atom.